The predicted molar refractivity (Wildman–Crippen MR) is 74.3 cm³/mol. The Morgan fingerprint density at radius 3 is 2.28 bits per heavy atom. The number of rotatable bonds is 6. The molecule has 0 aliphatic carbocycles. The van der Waals surface area contributed by atoms with Gasteiger partial charge in [-0.3, -0.25) is 0 Å². The molecule has 0 heterocycles. The highest BCUT2D eigenvalue weighted by atomic mass is 32.2. The van der Waals surface area contributed by atoms with Crippen molar-refractivity contribution in [2.45, 2.75) is 44.0 Å². The summed E-state index contributed by atoms with van der Waals surface area (Å²) in [7, 11) is -3.25. The van der Waals surface area contributed by atoms with Crippen LogP contribution in [-0.2, 0) is 16.3 Å². The van der Waals surface area contributed by atoms with Crippen LogP contribution in [0.1, 0.15) is 32.3 Å². The molecule has 0 saturated heterocycles. The van der Waals surface area contributed by atoms with Gasteiger partial charge in [0.15, 0.2) is 9.84 Å². The first kappa shape index (κ1) is 15.2. The highest BCUT2D eigenvalue weighted by molar-refractivity contribution is 7.92. The fourth-order valence-electron chi connectivity index (χ4n) is 1.74. The lowest BCUT2D eigenvalue weighted by Crippen LogP contribution is -2.43. The van der Waals surface area contributed by atoms with Gasteiger partial charge in [-0.15, -0.1) is 0 Å². The third-order valence-electron chi connectivity index (χ3n) is 3.54. The minimum absolute atomic E-state index is 0.495. The molecule has 0 aliphatic rings. The summed E-state index contributed by atoms with van der Waals surface area (Å²) < 4.78 is 22.1. The monoisotopic (exact) mass is 270 g/mol. The zero-order valence-electron chi connectivity index (χ0n) is 11.3. The van der Waals surface area contributed by atoms with Gasteiger partial charge in [-0.25, -0.2) is 8.42 Å². The average Bonchev–Trinajstić information content (AvgIpc) is 2.28. The second kappa shape index (κ2) is 5.85. The van der Waals surface area contributed by atoms with E-state index in [9.17, 15) is 13.5 Å². The van der Waals surface area contributed by atoms with Gasteiger partial charge in [-0.05, 0) is 38.7 Å². The molecule has 102 valence electrons. The van der Waals surface area contributed by atoms with E-state index in [1.165, 1.54) is 11.8 Å². The molecule has 0 spiro atoms. The van der Waals surface area contributed by atoms with Gasteiger partial charge in [0, 0.05) is 6.26 Å². The normalized spacial score (nSPS) is 14.4. The molecule has 0 bridgehead atoms. The molecule has 1 unspecified atom stereocenters. The zero-order valence-corrected chi connectivity index (χ0v) is 12.1. The fraction of sp³-hybridized carbons (Fsp3) is 0.571. The molecule has 0 saturated carbocycles. The van der Waals surface area contributed by atoms with Crippen LogP contribution in [-0.4, -0.2) is 30.6 Å². The maximum absolute atomic E-state index is 11.6. The summed E-state index contributed by atoms with van der Waals surface area (Å²) in [5.74, 6) is 0. The van der Waals surface area contributed by atoms with Crippen molar-refractivity contribution in [2.75, 3.05) is 6.26 Å². The second-order valence-corrected chi connectivity index (χ2v) is 7.87. The highest BCUT2D eigenvalue weighted by Gasteiger charge is 2.37. The fourth-order valence-corrected chi connectivity index (χ4v) is 2.35. The molecular formula is C14H22O3S. The molecule has 0 aromatic heterocycles. The van der Waals surface area contributed by atoms with Gasteiger partial charge in [-0.1, -0.05) is 30.3 Å². The molecule has 18 heavy (non-hydrogen) atoms. The molecule has 1 aromatic rings. The van der Waals surface area contributed by atoms with Gasteiger partial charge >= 0.3 is 0 Å². The van der Waals surface area contributed by atoms with E-state index in [0.717, 1.165) is 12.8 Å². The number of hydrogen-bond donors (Lipinski definition) is 1. The van der Waals surface area contributed by atoms with E-state index in [2.05, 4.69) is 0 Å². The Morgan fingerprint density at radius 1 is 1.22 bits per heavy atom. The van der Waals surface area contributed by atoms with Crippen LogP contribution >= 0.6 is 0 Å². The molecule has 1 rings (SSSR count). The Morgan fingerprint density at radius 2 is 1.78 bits per heavy atom. The van der Waals surface area contributed by atoms with Crippen molar-refractivity contribution < 1.29 is 13.5 Å². The van der Waals surface area contributed by atoms with Crippen molar-refractivity contribution in [3.8, 4) is 0 Å². The largest absolute Gasteiger partial charge is 0.392 e. The molecular weight excluding hydrogens is 248 g/mol. The first-order chi connectivity index (χ1) is 8.25. The maximum atomic E-state index is 11.6. The third kappa shape index (κ3) is 3.82. The molecule has 1 N–H and O–H groups in total. The summed E-state index contributed by atoms with van der Waals surface area (Å²) in [6.45, 7) is 3.16. The van der Waals surface area contributed by atoms with Gasteiger partial charge in [0.05, 0.1) is 10.9 Å². The second-order valence-electron chi connectivity index (χ2n) is 5.27. The summed E-state index contributed by atoms with van der Waals surface area (Å²) in [6, 6.07) is 9.99. The number of aliphatic hydroxyl groups is 1. The molecule has 1 atom stereocenters. The Balaban J connectivity index is 2.50. The lowest BCUT2D eigenvalue weighted by Gasteiger charge is -2.28. The first-order valence-electron chi connectivity index (χ1n) is 6.17. The van der Waals surface area contributed by atoms with E-state index in [0.29, 0.717) is 6.42 Å². The van der Waals surface area contributed by atoms with Crippen LogP contribution in [0, 0.1) is 0 Å². The molecule has 0 radical (unpaired) electrons. The minimum atomic E-state index is -3.25. The van der Waals surface area contributed by atoms with Crippen molar-refractivity contribution in [1.82, 2.24) is 0 Å². The van der Waals surface area contributed by atoms with Crippen LogP contribution in [0.3, 0.4) is 0 Å². The number of aliphatic hydroxyl groups excluding tert-OH is 1. The minimum Gasteiger partial charge on any atom is -0.392 e. The SMILES string of the molecule is CC(C)(C(O)CCCc1ccccc1)S(C)(=O)=O. The lowest BCUT2D eigenvalue weighted by molar-refractivity contribution is 0.126. The van der Waals surface area contributed by atoms with E-state index < -0.39 is 20.7 Å². The van der Waals surface area contributed by atoms with Crippen LogP contribution < -0.4 is 0 Å². The number of aryl methyl sites for hydroxylation is 1. The van der Waals surface area contributed by atoms with Crippen LogP contribution in [0.2, 0.25) is 0 Å². The van der Waals surface area contributed by atoms with Crippen molar-refractivity contribution in [3.05, 3.63) is 35.9 Å². The van der Waals surface area contributed by atoms with Crippen molar-refractivity contribution >= 4 is 9.84 Å². The summed E-state index contributed by atoms with van der Waals surface area (Å²) >= 11 is 0. The van der Waals surface area contributed by atoms with Crippen LogP contribution in [0.4, 0.5) is 0 Å². The van der Waals surface area contributed by atoms with Gasteiger partial charge in [0.1, 0.15) is 0 Å². The van der Waals surface area contributed by atoms with Gasteiger partial charge in [0.25, 0.3) is 0 Å². The average molecular weight is 270 g/mol. The lowest BCUT2D eigenvalue weighted by atomic mass is 9.99. The number of hydrogen-bond acceptors (Lipinski definition) is 3. The smallest absolute Gasteiger partial charge is 0.155 e. The number of benzene rings is 1. The summed E-state index contributed by atoms with van der Waals surface area (Å²) in [6.07, 6.45) is 2.49. The molecule has 4 heteroatoms. The molecule has 0 aliphatic heterocycles. The van der Waals surface area contributed by atoms with E-state index in [1.807, 2.05) is 30.3 Å². The van der Waals surface area contributed by atoms with E-state index >= 15 is 0 Å². The summed E-state index contributed by atoms with van der Waals surface area (Å²) in [5.41, 5.74) is 1.21. The standard InChI is InChI=1S/C14H22O3S/c1-14(2,18(3,16)17)13(15)11-7-10-12-8-5-4-6-9-12/h4-6,8-9,13,15H,7,10-11H2,1-3H3. The Hall–Kier alpha value is -0.870. The van der Waals surface area contributed by atoms with Gasteiger partial charge in [0.2, 0.25) is 0 Å². The summed E-state index contributed by atoms with van der Waals surface area (Å²) in [4.78, 5) is 0. The van der Waals surface area contributed by atoms with Crippen LogP contribution in [0.5, 0.6) is 0 Å². The van der Waals surface area contributed by atoms with Gasteiger partial charge in [-0.2, -0.15) is 0 Å². The molecule has 0 amide bonds. The van der Waals surface area contributed by atoms with E-state index in [-0.39, 0.29) is 0 Å². The quantitative estimate of drug-likeness (QED) is 0.862. The third-order valence-corrected chi connectivity index (χ3v) is 5.73. The molecule has 3 nitrogen and oxygen atoms in total. The Kier molecular flexibility index (Phi) is 4.93. The Bertz CT molecular complexity index is 463. The first-order valence-corrected chi connectivity index (χ1v) is 8.06. The number of sulfone groups is 1. The highest BCUT2D eigenvalue weighted by Crippen LogP contribution is 2.23. The topological polar surface area (TPSA) is 54.4 Å². The van der Waals surface area contributed by atoms with Gasteiger partial charge < -0.3 is 5.11 Å². The van der Waals surface area contributed by atoms with Crippen molar-refractivity contribution in [1.29, 1.82) is 0 Å². The van der Waals surface area contributed by atoms with Crippen molar-refractivity contribution in [2.24, 2.45) is 0 Å². The zero-order chi connectivity index (χ0) is 13.8. The van der Waals surface area contributed by atoms with E-state index in [1.54, 1.807) is 13.8 Å². The molecule has 1 aromatic carbocycles. The van der Waals surface area contributed by atoms with Crippen LogP contribution in [0.25, 0.3) is 0 Å². The van der Waals surface area contributed by atoms with Crippen molar-refractivity contribution in [3.63, 3.8) is 0 Å². The van der Waals surface area contributed by atoms with Crippen LogP contribution in [0.15, 0.2) is 30.3 Å². The van der Waals surface area contributed by atoms with E-state index in [4.69, 9.17) is 0 Å². The summed E-state index contributed by atoms with van der Waals surface area (Å²) in [5, 5.41) is 10.0. The molecule has 0 fully saturated rings. The maximum Gasteiger partial charge on any atom is 0.155 e. The predicted octanol–water partition coefficient (Wildman–Crippen LogP) is 2.19. The Labute approximate surface area is 110 Å².